The van der Waals surface area contributed by atoms with Crippen LogP contribution in [0.3, 0.4) is 0 Å². The van der Waals surface area contributed by atoms with Gasteiger partial charge in [0.1, 0.15) is 5.75 Å². The van der Waals surface area contributed by atoms with Gasteiger partial charge in [-0.2, -0.15) is 0 Å². The molecule has 7 heteroatoms. The maximum Gasteiger partial charge on any atom is 0.332 e. The van der Waals surface area contributed by atoms with Gasteiger partial charge in [-0.1, -0.05) is 0 Å². The average Bonchev–Trinajstić information content (AvgIpc) is 2.45. The van der Waals surface area contributed by atoms with Crippen LogP contribution in [0.5, 0.6) is 5.75 Å². The zero-order valence-electron chi connectivity index (χ0n) is 11.7. The van der Waals surface area contributed by atoms with E-state index in [1.54, 1.807) is 25.1 Å². The van der Waals surface area contributed by atoms with Gasteiger partial charge < -0.3 is 10.1 Å². The molecule has 0 aliphatic carbocycles. The number of aromatic nitrogens is 2. The third-order valence-electron chi connectivity index (χ3n) is 2.90. The number of aromatic amines is 1. The number of ether oxygens (including phenoxy) is 1. The summed E-state index contributed by atoms with van der Waals surface area (Å²) in [6.45, 7) is 1.73. The van der Waals surface area contributed by atoms with Crippen molar-refractivity contribution in [1.82, 2.24) is 14.9 Å². The third kappa shape index (κ3) is 3.38. The van der Waals surface area contributed by atoms with Crippen LogP contribution in [-0.2, 0) is 4.79 Å². The summed E-state index contributed by atoms with van der Waals surface area (Å²) in [7, 11) is 1.53. The summed E-state index contributed by atoms with van der Waals surface area (Å²) >= 11 is 0. The molecular weight excluding hydrogens is 274 g/mol. The molecule has 0 atom stereocenters. The summed E-state index contributed by atoms with van der Waals surface area (Å²) in [5, 5.41) is 2.46. The van der Waals surface area contributed by atoms with E-state index >= 15 is 0 Å². The molecule has 0 fully saturated rings. The Morgan fingerprint density at radius 2 is 2.10 bits per heavy atom. The van der Waals surface area contributed by atoms with E-state index in [1.165, 1.54) is 23.9 Å². The van der Waals surface area contributed by atoms with E-state index < -0.39 is 11.2 Å². The van der Waals surface area contributed by atoms with Crippen molar-refractivity contribution in [2.75, 3.05) is 13.7 Å². The molecule has 0 spiro atoms. The second-order valence-corrected chi connectivity index (χ2v) is 4.39. The molecule has 21 heavy (non-hydrogen) atoms. The van der Waals surface area contributed by atoms with E-state index in [9.17, 15) is 14.4 Å². The van der Waals surface area contributed by atoms with Crippen LogP contribution in [0.2, 0.25) is 0 Å². The molecule has 1 aromatic carbocycles. The molecule has 0 unspecified atom stereocenters. The van der Waals surface area contributed by atoms with E-state index in [1.807, 2.05) is 0 Å². The minimum absolute atomic E-state index is 0.0755. The lowest BCUT2D eigenvalue weighted by molar-refractivity contribution is -0.122. The van der Waals surface area contributed by atoms with Crippen LogP contribution in [-0.4, -0.2) is 29.1 Å². The zero-order valence-corrected chi connectivity index (χ0v) is 11.7. The van der Waals surface area contributed by atoms with Crippen LogP contribution < -0.4 is 21.3 Å². The van der Waals surface area contributed by atoms with Crippen molar-refractivity contribution >= 4 is 5.91 Å². The highest BCUT2D eigenvalue weighted by Gasteiger charge is 2.06. The summed E-state index contributed by atoms with van der Waals surface area (Å²) in [5.74, 6) is 0.297. The normalized spacial score (nSPS) is 10.2. The average molecular weight is 289 g/mol. The Balaban J connectivity index is 2.29. The summed E-state index contributed by atoms with van der Waals surface area (Å²) in [6, 6.07) is 6.34. The first-order valence-electron chi connectivity index (χ1n) is 6.27. The number of hydrogen-bond donors (Lipinski definition) is 2. The van der Waals surface area contributed by atoms with Crippen molar-refractivity contribution in [3.05, 3.63) is 56.9 Å². The minimum Gasteiger partial charge on any atom is -0.484 e. The molecule has 1 amide bonds. The Bertz CT molecular complexity index is 776. The molecule has 1 heterocycles. The lowest BCUT2D eigenvalue weighted by Gasteiger charge is -2.11. The SMILES string of the molecule is CNC(=O)COc1ccc(-n2ccc(=O)[nH]c2=O)c(C)c1. The molecule has 2 aromatic rings. The van der Waals surface area contributed by atoms with Crippen LogP contribution in [0.1, 0.15) is 5.56 Å². The number of carbonyl (C=O) groups is 1. The topological polar surface area (TPSA) is 93.2 Å². The fourth-order valence-corrected chi connectivity index (χ4v) is 1.82. The number of benzene rings is 1. The highest BCUT2D eigenvalue weighted by atomic mass is 16.5. The molecule has 0 bridgehead atoms. The number of carbonyl (C=O) groups excluding carboxylic acids is 1. The van der Waals surface area contributed by atoms with Crippen molar-refractivity contribution in [2.45, 2.75) is 6.92 Å². The van der Waals surface area contributed by atoms with E-state index in [-0.39, 0.29) is 12.5 Å². The maximum atomic E-state index is 11.8. The minimum atomic E-state index is -0.510. The van der Waals surface area contributed by atoms with Crippen LogP contribution in [0.25, 0.3) is 5.69 Å². The molecule has 0 aliphatic heterocycles. The highest BCUT2D eigenvalue weighted by Crippen LogP contribution is 2.19. The quantitative estimate of drug-likeness (QED) is 0.826. The molecule has 0 saturated carbocycles. The molecule has 2 rings (SSSR count). The Kier molecular flexibility index (Phi) is 4.22. The highest BCUT2D eigenvalue weighted by molar-refractivity contribution is 5.77. The van der Waals surface area contributed by atoms with Gasteiger partial charge in [0, 0.05) is 19.3 Å². The van der Waals surface area contributed by atoms with E-state index in [0.717, 1.165) is 5.56 Å². The summed E-state index contributed by atoms with van der Waals surface area (Å²) in [4.78, 5) is 36.1. The summed E-state index contributed by atoms with van der Waals surface area (Å²) < 4.78 is 6.66. The molecule has 0 saturated heterocycles. The van der Waals surface area contributed by atoms with Crippen molar-refractivity contribution in [3.63, 3.8) is 0 Å². The number of nitrogens with one attached hydrogen (secondary N) is 2. The predicted molar refractivity (Wildman–Crippen MR) is 77.0 cm³/mol. The van der Waals surface area contributed by atoms with Crippen molar-refractivity contribution in [3.8, 4) is 11.4 Å². The molecular formula is C14H15N3O4. The van der Waals surface area contributed by atoms with Gasteiger partial charge in [-0.15, -0.1) is 0 Å². The number of amides is 1. The second kappa shape index (κ2) is 6.08. The van der Waals surface area contributed by atoms with Crippen molar-refractivity contribution < 1.29 is 9.53 Å². The van der Waals surface area contributed by atoms with E-state index in [2.05, 4.69) is 10.3 Å². The van der Waals surface area contributed by atoms with Crippen molar-refractivity contribution in [2.24, 2.45) is 0 Å². The first kappa shape index (κ1) is 14.6. The third-order valence-corrected chi connectivity index (χ3v) is 2.90. The van der Waals surface area contributed by atoms with Gasteiger partial charge in [0.15, 0.2) is 6.61 Å². The van der Waals surface area contributed by atoms with Gasteiger partial charge >= 0.3 is 5.69 Å². The first-order valence-corrected chi connectivity index (χ1v) is 6.27. The maximum absolute atomic E-state index is 11.8. The summed E-state index contributed by atoms with van der Waals surface area (Å²) in [6.07, 6.45) is 1.41. The fourth-order valence-electron chi connectivity index (χ4n) is 1.82. The Morgan fingerprint density at radius 3 is 2.71 bits per heavy atom. The smallest absolute Gasteiger partial charge is 0.332 e. The lowest BCUT2D eigenvalue weighted by atomic mass is 10.2. The largest absolute Gasteiger partial charge is 0.484 e. The number of hydrogen-bond acceptors (Lipinski definition) is 4. The second-order valence-electron chi connectivity index (χ2n) is 4.39. The van der Waals surface area contributed by atoms with Gasteiger partial charge in [-0.3, -0.25) is 19.1 Å². The number of nitrogens with zero attached hydrogens (tertiary/aromatic N) is 1. The Morgan fingerprint density at radius 1 is 1.33 bits per heavy atom. The Labute approximate surface area is 120 Å². The molecule has 0 aliphatic rings. The predicted octanol–water partition coefficient (Wildman–Crippen LogP) is -0.0410. The van der Waals surface area contributed by atoms with E-state index in [4.69, 9.17) is 4.74 Å². The molecule has 2 N–H and O–H groups in total. The number of H-pyrrole nitrogens is 1. The number of rotatable bonds is 4. The first-order chi connectivity index (χ1) is 10.0. The number of likely N-dealkylation sites (N-methyl/N-ethyl adjacent to an activating group) is 1. The fraction of sp³-hybridized carbons (Fsp3) is 0.214. The van der Waals surface area contributed by atoms with Gasteiger partial charge in [-0.25, -0.2) is 4.79 Å². The van der Waals surface area contributed by atoms with Crippen LogP contribution in [0, 0.1) is 6.92 Å². The standard InChI is InChI=1S/C14H15N3O4/c1-9-7-10(21-8-13(19)15-2)3-4-11(9)17-6-5-12(18)16-14(17)20/h3-7H,8H2,1-2H3,(H,15,19)(H,16,18,20). The van der Waals surface area contributed by atoms with Crippen LogP contribution in [0.15, 0.2) is 40.1 Å². The summed E-state index contributed by atoms with van der Waals surface area (Å²) in [5.41, 5.74) is 0.450. The molecule has 0 radical (unpaired) electrons. The van der Waals surface area contributed by atoms with Gasteiger partial charge in [0.05, 0.1) is 5.69 Å². The van der Waals surface area contributed by atoms with Crippen molar-refractivity contribution in [1.29, 1.82) is 0 Å². The molecule has 1 aromatic heterocycles. The molecule has 7 nitrogen and oxygen atoms in total. The molecule has 110 valence electrons. The Hall–Kier alpha value is -2.83. The number of aryl methyl sites for hydroxylation is 1. The zero-order chi connectivity index (χ0) is 15.4. The van der Waals surface area contributed by atoms with Crippen LogP contribution in [0.4, 0.5) is 0 Å². The van der Waals surface area contributed by atoms with Crippen LogP contribution >= 0.6 is 0 Å². The van der Waals surface area contributed by atoms with Gasteiger partial charge in [0.2, 0.25) is 0 Å². The van der Waals surface area contributed by atoms with Gasteiger partial charge in [-0.05, 0) is 30.7 Å². The van der Waals surface area contributed by atoms with E-state index in [0.29, 0.717) is 11.4 Å². The monoisotopic (exact) mass is 289 g/mol. The van der Waals surface area contributed by atoms with Gasteiger partial charge in [0.25, 0.3) is 11.5 Å². The lowest BCUT2D eigenvalue weighted by Crippen LogP contribution is -2.27.